The zero-order chi connectivity index (χ0) is 22.4. The summed E-state index contributed by atoms with van der Waals surface area (Å²) in [6.45, 7) is 7.44. The van der Waals surface area contributed by atoms with E-state index in [0.717, 1.165) is 0 Å². The Morgan fingerprint density at radius 1 is 1.00 bits per heavy atom. The van der Waals surface area contributed by atoms with Crippen LogP contribution in [0.1, 0.15) is 43.7 Å². The second-order valence-corrected chi connectivity index (χ2v) is 6.60. The van der Waals surface area contributed by atoms with Crippen molar-refractivity contribution >= 4 is 34.8 Å². The topological polar surface area (TPSA) is 110 Å². The Kier molecular flexibility index (Phi) is 7.57. The Balaban J connectivity index is 2.55. The summed E-state index contributed by atoms with van der Waals surface area (Å²) in [7, 11) is 0. The molecule has 0 amide bonds. The standard InChI is InChI=1S/C21H25NO8/c1-6-27-21(26)20-12(2)22(10-17(30-15(5)25)11-28-13(3)23)19-8-7-16(9-18(19)20)29-14(4)24/h7-9,17H,6,10-11H2,1-5H3/t17-/m0/s1. The van der Waals surface area contributed by atoms with Gasteiger partial charge in [0, 0.05) is 37.4 Å². The van der Waals surface area contributed by atoms with Crippen molar-refractivity contribution in [2.24, 2.45) is 0 Å². The number of carbonyl (C=O) groups excluding carboxylic acids is 4. The van der Waals surface area contributed by atoms with Crippen molar-refractivity contribution in [3.8, 4) is 5.75 Å². The van der Waals surface area contributed by atoms with Crippen molar-refractivity contribution in [3.05, 3.63) is 29.5 Å². The number of esters is 4. The van der Waals surface area contributed by atoms with E-state index in [2.05, 4.69) is 0 Å². The maximum Gasteiger partial charge on any atom is 0.340 e. The van der Waals surface area contributed by atoms with Crippen LogP contribution in [0.4, 0.5) is 0 Å². The summed E-state index contributed by atoms with van der Waals surface area (Å²) < 4.78 is 22.4. The van der Waals surface area contributed by atoms with Gasteiger partial charge in [0.2, 0.25) is 0 Å². The normalized spacial score (nSPS) is 11.6. The van der Waals surface area contributed by atoms with Gasteiger partial charge in [-0.2, -0.15) is 0 Å². The van der Waals surface area contributed by atoms with E-state index in [9.17, 15) is 19.2 Å². The maximum atomic E-state index is 12.6. The molecular formula is C21H25NO8. The second-order valence-electron chi connectivity index (χ2n) is 6.60. The number of benzene rings is 1. The number of ether oxygens (including phenoxy) is 4. The van der Waals surface area contributed by atoms with Crippen molar-refractivity contribution in [2.45, 2.75) is 47.3 Å². The molecule has 162 valence electrons. The minimum Gasteiger partial charge on any atom is -0.462 e. The molecule has 9 nitrogen and oxygen atoms in total. The Morgan fingerprint density at radius 2 is 1.70 bits per heavy atom. The molecule has 2 aromatic rings. The monoisotopic (exact) mass is 419 g/mol. The predicted molar refractivity (Wildman–Crippen MR) is 106 cm³/mol. The van der Waals surface area contributed by atoms with Gasteiger partial charge in [-0.25, -0.2) is 4.79 Å². The molecule has 0 fully saturated rings. The number of nitrogens with zero attached hydrogens (tertiary/aromatic N) is 1. The molecule has 1 atom stereocenters. The molecule has 0 radical (unpaired) electrons. The summed E-state index contributed by atoms with van der Waals surface area (Å²) in [5.41, 5.74) is 1.53. The van der Waals surface area contributed by atoms with Gasteiger partial charge in [-0.05, 0) is 32.0 Å². The number of rotatable bonds is 8. The molecule has 2 rings (SSSR count). The van der Waals surface area contributed by atoms with E-state index in [1.165, 1.54) is 20.8 Å². The molecule has 9 heteroatoms. The predicted octanol–water partition coefficient (Wildman–Crippen LogP) is 2.55. The van der Waals surface area contributed by atoms with Crippen LogP contribution in [0, 0.1) is 6.92 Å². The van der Waals surface area contributed by atoms with Crippen molar-refractivity contribution in [2.75, 3.05) is 13.2 Å². The van der Waals surface area contributed by atoms with Crippen LogP contribution in [0.5, 0.6) is 5.75 Å². The molecule has 30 heavy (non-hydrogen) atoms. The number of fused-ring (bicyclic) bond motifs is 1. The van der Waals surface area contributed by atoms with Gasteiger partial charge in [-0.15, -0.1) is 0 Å². The highest BCUT2D eigenvalue weighted by atomic mass is 16.6. The van der Waals surface area contributed by atoms with E-state index < -0.39 is 30.0 Å². The summed E-state index contributed by atoms with van der Waals surface area (Å²) in [5, 5.41) is 0.527. The molecule has 0 spiro atoms. The summed E-state index contributed by atoms with van der Waals surface area (Å²) in [6, 6.07) is 4.88. The average Bonchev–Trinajstić information content (AvgIpc) is 2.90. The first-order valence-electron chi connectivity index (χ1n) is 9.43. The summed E-state index contributed by atoms with van der Waals surface area (Å²) in [4.78, 5) is 46.6. The van der Waals surface area contributed by atoms with Crippen LogP contribution < -0.4 is 4.74 Å². The van der Waals surface area contributed by atoms with Crippen LogP contribution >= 0.6 is 0 Å². The van der Waals surface area contributed by atoms with Gasteiger partial charge in [0.05, 0.1) is 18.7 Å². The zero-order valence-corrected chi connectivity index (χ0v) is 17.6. The van der Waals surface area contributed by atoms with E-state index in [4.69, 9.17) is 18.9 Å². The molecule has 0 N–H and O–H groups in total. The van der Waals surface area contributed by atoms with Gasteiger partial charge >= 0.3 is 23.9 Å². The Bertz CT molecular complexity index is 975. The molecule has 0 unspecified atom stereocenters. The van der Waals surface area contributed by atoms with Gasteiger partial charge in [-0.3, -0.25) is 14.4 Å². The highest BCUT2D eigenvalue weighted by Crippen LogP contribution is 2.31. The summed E-state index contributed by atoms with van der Waals surface area (Å²) in [6.07, 6.45) is -0.760. The summed E-state index contributed by atoms with van der Waals surface area (Å²) >= 11 is 0. The Hall–Kier alpha value is -3.36. The van der Waals surface area contributed by atoms with E-state index in [1.54, 1.807) is 36.6 Å². The first-order chi connectivity index (χ1) is 14.1. The SMILES string of the molecule is CCOC(=O)c1c(C)n(C[C@@H](COC(C)=O)OC(C)=O)c2ccc(OC(C)=O)cc12. The largest absolute Gasteiger partial charge is 0.462 e. The molecule has 1 heterocycles. The van der Waals surface area contributed by atoms with Crippen molar-refractivity contribution in [3.63, 3.8) is 0 Å². The third-order valence-electron chi connectivity index (χ3n) is 4.23. The molecule has 1 aromatic heterocycles. The third-order valence-corrected chi connectivity index (χ3v) is 4.23. The molecule has 0 saturated carbocycles. The van der Waals surface area contributed by atoms with Gasteiger partial charge < -0.3 is 23.5 Å². The molecule has 0 bridgehead atoms. The number of carbonyl (C=O) groups is 4. The fraction of sp³-hybridized carbons (Fsp3) is 0.429. The minimum atomic E-state index is -0.760. The van der Waals surface area contributed by atoms with Crippen LogP contribution in [-0.4, -0.2) is 47.8 Å². The smallest absolute Gasteiger partial charge is 0.340 e. The van der Waals surface area contributed by atoms with Gasteiger partial charge in [0.1, 0.15) is 12.4 Å². The molecule has 0 aliphatic carbocycles. The van der Waals surface area contributed by atoms with Crippen LogP contribution in [0.2, 0.25) is 0 Å². The van der Waals surface area contributed by atoms with E-state index in [-0.39, 0.29) is 25.5 Å². The van der Waals surface area contributed by atoms with Gasteiger partial charge in [-0.1, -0.05) is 0 Å². The van der Waals surface area contributed by atoms with Crippen molar-refractivity contribution in [1.29, 1.82) is 0 Å². The van der Waals surface area contributed by atoms with Crippen LogP contribution in [0.3, 0.4) is 0 Å². The maximum absolute atomic E-state index is 12.6. The number of hydrogen-bond donors (Lipinski definition) is 0. The fourth-order valence-corrected chi connectivity index (χ4v) is 3.16. The van der Waals surface area contributed by atoms with Crippen molar-refractivity contribution < 1.29 is 38.1 Å². The first-order valence-corrected chi connectivity index (χ1v) is 9.43. The lowest BCUT2D eigenvalue weighted by molar-refractivity contribution is -0.157. The fourth-order valence-electron chi connectivity index (χ4n) is 3.16. The van der Waals surface area contributed by atoms with Crippen LogP contribution in [-0.2, 0) is 35.1 Å². The van der Waals surface area contributed by atoms with E-state index in [1.807, 2.05) is 0 Å². The van der Waals surface area contributed by atoms with Gasteiger partial charge in [0.25, 0.3) is 0 Å². The third kappa shape index (κ3) is 5.59. The highest BCUT2D eigenvalue weighted by molar-refractivity contribution is 6.06. The molecule has 0 saturated heterocycles. The lowest BCUT2D eigenvalue weighted by Crippen LogP contribution is -2.29. The Morgan fingerprint density at radius 3 is 2.27 bits per heavy atom. The van der Waals surface area contributed by atoms with Crippen LogP contribution in [0.25, 0.3) is 10.9 Å². The minimum absolute atomic E-state index is 0.131. The number of hydrogen-bond acceptors (Lipinski definition) is 8. The average molecular weight is 419 g/mol. The molecule has 0 aliphatic rings. The quantitative estimate of drug-likeness (QED) is 0.365. The molecule has 1 aromatic carbocycles. The lowest BCUT2D eigenvalue weighted by Gasteiger charge is -2.19. The first kappa shape index (κ1) is 22.9. The Labute approximate surface area is 173 Å². The second kappa shape index (κ2) is 9.91. The van der Waals surface area contributed by atoms with Gasteiger partial charge in [0.15, 0.2) is 6.10 Å². The number of aromatic nitrogens is 1. The van der Waals surface area contributed by atoms with E-state index in [0.29, 0.717) is 22.2 Å². The zero-order valence-electron chi connectivity index (χ0n) is 17.6. The molecular weight excluding hydrogens is 394 g/mol. The van der Waals surface area contributed by atoms with E-state index >= 15 is 0 Å². The van der Waals surface area contributed by atoms with Crippen molar-refractivity contribution in [1.82, 2.24) is 4.57 Å². The highest BCUT2D eigenvalue weighted by Gasteiger charge is 2.25. The van der Waals surface area contributed by atoms with Crippen LogP contribution in [0.15, 0.2) is 18.2 Å². The molecule has 0 aliphatic heterocycles. The summed E-state index contributed by atoms with van der Waals surface area (Å²) in [5.74, 6) is -1.75. The lowest BCUT2D eigenvalue weighted by atomic mass is 10.1.